The molecule has 9 aromatic carbocycles. The third kappa shape index (κ3) is 5.42. The van der Waals surface area contributed by atoms with Crippen LogP contribution in [0.15, 0.2) is 221 Å². The minimum Gasteiger partial charge on any atom is -0.455 e. The summed E-state index contributed by atoms with van der Waals surface area (Å²) < 4.78 is 13.5. The monoisotopic (exact) mass is 818 g/mol. The summed E-state index contributed by atoms with van der Waals surface area (Å²) in [6.45, 7) is 2.36. The van der Waals surface area contributed by atoms with Crippen molar-refractivity contribution >= 4 is 43.9 Å². The van der Waals surface area contributed by atoms with Crippen molar-refractivity contribution in [3.8, 4) is 67.3 Å². The Morgan fingerprint density at radius 3 is 1.64 bits per heavy atom. The van der Waals surface area contributed by atoms with Crippen LogP contribution in [0.1, 0.15) is 23.6 Å². The van der Waals surface area contributed by atoms with E-state index < -0.39 is 0 Å². The Balaban J connectivity index is 1.09. The Morgan fingerprint density at radius 1 is 0.359 bits per heavy atom. The van der Waals surface area contributed by atoms with Crippen LogP contribution in [0.5, 0.6) is 0 Å². The number of benzene rings is 9. The Labute approximate surface area is 369 Å². The second-order valence-electron chi connectivity index (χ2n) is 16.9. The molecule has 0 aliphatic heterocycles. The van der Waals surface area contributed by atoms with Gasteiger partial charge in [0.15, 0.2) is 5.82 Å². The molecule has 0 saturated carbocycles. The normalized spacial score (nSPS) is 14.4. The Kier molecular flexibility index (Phi) is 8.00. The van der Waals surface area contributed by atoms with E-state index in [1.54, 1.807) is 0 Å². The summed E-state index contributed by atoms with van der Waals surface area (Å²) >= 11 is 0. The molecule has 3 heterocycles. The number of aromatic nitrogens is 2. The zero-order valence-corrected chi connectivity index (χ0v) is 34.9. The molecule has 0 bridgehead atoms. The van der Waals surface area contributed by atoms with Gasteiger partial charge in [-0.1, -0.05) is 188 Å². The van der Waals surface area contributed by atoms with E-state index in [1.807, 2.05) is 42.5 Å². The minimum absolute atomic E-state index is 0.355. The second-order valence-corrected chi connectivity index (χ2v) is 16.9. The lowest BCUT2D eigenvalue weighted by Crippen LogP contribution is -2.22. The van der Waals surface area contributed by atoms with E-state index >= 15 is 0 Å². The van der Waals surface area contributed by atoms with Gasteiger partial charge in [0, 0.05) is 60.3 Å². The first-order valence-corrected chi connectivity index (χ1v) is 21.8. The topological polar surface area (TPSA) is 52.1 Å². The molecule has 300 valence electrons. The van der Waals surface area contributed by atoms with Gasteiger partial charge in [-0.05, 0) is 64.6 Å². The van der Waals surface area contributed by atoms with Crippen LogP contribution in [0, 0.1) is 0 Å². The minimum atomic E-state index is -0.355. The molecule has 1 unspecified atom stereocenters. The van der Waals surface area contributed by atoms with E-state index in [4.69, 9.17) is 18.8 Å². The van der Waals surface area contributed by atoms with Crippen molar-refractivity contribution in [2.24, 2.45) is 0 Å². The highest BCUT2D eigenvalue weighted by Gasteiger charge is 2.40. The van der Waals surface area contributed by atoms with Crippen LogP contribution >= 0.6 is 0 Å². The summed E-state index contributed by atoms with van der Waals surface area (Å²) in [7, 11) is 0. The van der Waals surface area contributed by atoms with Crippen molar-refractivity contribution in [3.63, 3.8) is 0 Å². The van der Waals surface area contributed by atoms with Crippen LogP contribution in [0.2, 0.25) is 0 Å². The van der Waals surface area contributed by atoms with Crippen LogP contribution in [-0.4, -0.2) is 9.97 Å². The van der Waals surface area contributed by atoms with Crippen LogP contribution in [0.3, 0.4) is 0 Å². The van der Waals surface area contributed by atoms with E-state index in [0.717, 1.165) is 94.2 Å². The standard InChI is InChI=1S/C60H38N2O2/c1-60(39-19-6-3-7-20-39)50-30-11-8-21-40(50)41-34-33-38(35-51(41)60)52-36-53(62-59(61-52)37-17-4-2-5-18-37)48-28-14-24-44(47-27-15-25-45-42-22-9-12-31-54(42)63-57(45)47)56(48)49-29-16-26-46-43-23-10-13-32-55(43)64-58(46)49/h2-36H,1H3. The molecular weight excluding hydrogens is 781 g/mol. The van der Waals surface area contributed by atoms with Gasteiger partial charge in [-0.2, -0.15) is 0 Å². The van der Waals surface area contributed by atoms with Crippen molar-refractivity contribution in [2.75, 3.05) is 0 Å². The predicted octanol–water partition coefficient (Wildman–Crippen LogP) is 15.9. The van der Waals surface area contributed by atoms with E-state index in [2.05, 4.69) is 177 Å². The van der Waals surface area contributed by atoms with Crippen molar-refractivity contribution in [3.05, 3.63) is 229 Å². The molecule has 0 N–H and O–H groups in total. The molecule has 13 rings (SSSR count). The Bertz CT molecular complexity index is 3810. The lowest BCUT2D eigenvalue weighted by atomic mass is 9.74. The van der Waals surface area contributed by atoms with Crippen molar-refractivity contribution in [1.82, 2.24) is 9.97 Å². The first-order chi connectivity index (χ1) is 31.6. The maximum atomic E-state index is 6.81. The molecular formula is C60H38N2O2. The van der Waals surface area contributed by atoms with Gasteiger partial charge in [-0.25, -0.2) is 9.97 Å². The molecule has 4 heteroatoms. The highest BCUT2D eigenvalue weighted by atomic mass is 16.3. The summed E-state index contributed by atoms with van der Waals surface area (Å²) in [4.78, 5) is 10.8. The van der Waals surface area contributed by atoms with Gasteiger partial charge < -0.3 is 8.83 Å². The summed E-state index contributed by atoms with van der Waals surface area (Å²) in [5, 5.41) is 4.30. The molecule has 3 aromatic heterocycles. The molecule has 12 aromatic rings. The van der Waals surface area contributed by atoms with Gasteiger partial charge in [0.1, 0.15) is 22.3 Å². The van der Waals surface area contributed by atoms with Gasteiger partial charge in [0.25, 0.3) is 0 Å². The van der Waals surface area contributed by atoms with E-state index in [9.17, 15) is 0 Å². The van der Waals surface area contributed by atoms with Crippen LogP contribution in [0.4, 0.5) is 0 Å². The summed E-state index contributed by atoms with van der Waals surface area (Å²) in [6, 6.07) is 75.0. The third-order valence-corrected chi connectivity index (χ3v) is 13.4. The number of fused-ring (bicyclic) bond motifs is 9. The number of para-hydroxylation sites is 4. The van der Waals surface area contributed by atoms with Crippen LogP contribution in [0.25, 0.3) is 111 Å². The van der Waals surface area contributed by atoms with Crippen LogP contribution < -0.4 is 0 Å². The molecule has 0 fully saturated rings. The average Bonchev–Trinajstić information content (AvgIpc) is 4.03. The quantitative estimate of drug-likeness (QED) is 0.168. The number of nitrogens with zero attached hydrogens (tertiary/aromatic N) is 2. The fourth-order valence-electron chi connectivity index (χ4n) is 10.4. The van der Waals surface area contributed by atoms with Gasteiger partial charge in [-0.15, -0.1) is 0 Å². The molecule has 1 atom stereocenters. The molecule has 0 saturated heterocycles. The average molecular weight is 819 g/mol. The van der Waals surface area contributed by atoms with E-state index in [-0.39, 0.29) is 5.41 Å². The number of rotatable bonds is 6. The lowest BCUT2D eigenvalue weighted by molar-refractivity contribution is 0.669. The predicted molar refractivity (Wildman–Crippen MR) is 261 cm³/mol. The molecule has 1 aliphatic rings. The first kappa shape index (κ1) is 36.3. The van der Waals surface area contributed by atoms with Gasteiger partial charge in [0.05, 0.1) is 11.4 Å². The first-order valence-electron chi connectivity index (χ1n) is 21.8. The fourth-order valence-corrected chi connectivity index (χ4v) is 10.4. The zero-order chi connectivity index (χ0) is 42.4. The zero-order valence-electron chi connectivity index (χ0n) is 34.9. The summed E-state index contributed by atoms with van der Waals surface area (Å²) in [5.74, 6) is 0.653. The lowest BCUT2D eigenvalue weighted by Gasteiger charge is -2.28. The molecule has 4 nitrogen and oxygen atoms in total. The van der Waals surface area contributed by atoms with E-state index in [1.165, 1.54) is 27.8 Å². The summed E-state index contributed by atoms with van der Waals surface area (Å²) in [6.07, 6.45) is 0. The highest BCUT2D eigenvalue weighted by Crippen LogP contribution is 2.53. The number of hydrogen-bond donors (Lipinski definition) is 0. The van der Waals surface area contributed by atoms with Crippen molar-refractivity contribution in [1.29, 1.82) is 0 Å². The van der Waals surface area contributed by atoms with Crippen LogP contribution in [-0.2, 0) is 5.41 Å². The van der Waals surface area contributed by atoms with Crippen molar-refractivity contribution in [2.45, 2.75) is 12.3 Å². The highest BCUT2D eigenvalue weighted by molar-refractivity contribution is 6.15. The van der Waals surface area contributed by atoms with Gasteiger partial charge >= 0.3 is 0 Å². The maximum Gasteiger partial charge on any atom is 0.160 e. The SMILES string of the molecule is CC1(c2ccccc2)c2ccccc2-c2ccc(-c3cc(-c4cccc(-c5cccc6c5oc5ccccc56)c4-c4cccc5c4oc4ccccc45)nc(-c4ccccc4)n3)cc21. The number of hydrogen-bond acceptors (Lipinski definition) is 4. The van der Waals surface area contributed by atoms with Gasteiger partial charge in [-0.3, -0.25) is 0 Å². The molecule has 0 spiro atoms. The molecule has 1 aliphatic carbocycles. The van der Waals surface area contributed by atoms with E-state index in [0.29, 0.717) is 5.82 Å². The Hall–Kier alpha value is -8.34. The largest absolute Gasteiger partial charge is 0.455 e. The van der Waals surface area contributed by atoms with Crippen molar-refractivity contribution < 1.29 is 8.83 Å². The molecule has 0 radical (unpaired) electrons. The molecule has 0 amide bonds. The fraction of sp³-hybridized carbons (Fsp3) is 0.0333. The Morgan fingerprint density at radius 2 is 0.891 bits per heavy atom. The number of furan rings is 2. The summed E-state index contributed by atoms with van der Waals surface area (Å²) in [5.41, 5.74) is 17.9. The third-order valence-electron chi connectivity index (χ3n) is 13.4. The van der Waals surface area contributed by atoms with Gasteiger partial charge in [0.2, 0.25) is 0 Å². The molecule has 64 heavy (non-hydrogen) atoms. The smallest absolute Gasteiger partial charge is 0.160 e. The maximum absolute atomic E-state index is 6.81. The second kappa shape index (κ2) is 14.1.